The number of nitrogens with two attached hydrogens (primary N) is 1. The predicted molar refractivity (Wildman–Crippen MR) is 78.7 cm³/mol. The molecule has 1 aliphatic rings. The van der Waals surface area contributed by atoms with Gasteiger partial charge in [-0.25, -0.2) is 0 Å². The van der Waals surface area contributed by atoms with Gasteiger partial charge in [0, 0.05) is 19.2 Å². The van der Waals surface area contributed by atoms with E-state index in [0.717, 1.165) is 24.4 Å². The van der Waals surface area contributed by atoms with Gasteiger partial charge < -0.3 is 20.5 Å². The summed E-state index contributed by atoms with van der Waals surface area (Å²) in [6.45, 7) is 3.64. The van der Waals surface area contributed by atoms with Gasteiger partial charge in [-0.15, -0.1) is 0 Å². The zero-order valence-electron chi connectivity index (χ0n) is 11.6. The first-order chi connectivity index (χ1) is 9.27. The number of ether oxygens (including phenoxy) is 1. The van der Waals surface area contributed by atoms with Crippen molar-refractivity contribution in [1.82, 2.24) is 0 Å². The molecule has 1 aromatic rings. The first kappa shape index (κ1) is 14.0. The minimum absolute atomic E-state index is 0.217. The van der Waals surface area contributed by atoms with E-state index in [0.29, 0.717) is 18.3 Å². The summed E-state index contributed by atoms with van der Waals surface area (Å²) in [5, 5.41) is 9.06. The van der Waals surface area contributed by atoms with Crippen molar-refractivity contribution in [2.45, 2.75) is 38.6 Å². The Morgan fingerprint density at radius 2 is 2.21 bits per heavy atom. The third-order valence-corrected chi connectivity index (χ3v) is 3.72. The third-order valence-electron chi connectivity index (χ3n) is 3.72. The minimum Gasteiger partial charge on any atom is -0.492 e. The summed E-state index contributed by atoms with van der Waals surface area (Å²) in [7, 11) is 0. The molecule has 0 amide bonds. The van der Waals surface area contributed by atoms with Gasteiger partial charge in [0.25, 0.3) is 0 Å². The molecule has 1 aromatic carbocycles. The predicted octanol–water partition coefficient (Wildman–Crippen LogP) is 2.41. The normalized spacial score (nSPS) is 15.1. The van der Waals surface area contributed by atoms with E-state index in [9.17, 15) is 0 Å². The highest BCUT2D eigenvalue weighted by molar-refractivity contribution is 5.74. The maximum atomic E-state index is 9.06. The van der Waals surface area contributed by atoms with Crippen LogP contribution in [0.3, 0.4) is 0 Å². The average molecular weight is 264 g/mol. The summed E-state index contributed by atoms with van der Waals surface area (Å²) in [4.78, 5) is 2.33. The molecule has 1 aliphatic carbocycles. The Labute approximate surface area is 115 Å². The van der Waals surface area contributed by atoms with Crippen LogP contribution in [0.15, 0.2) is 18.2 Å². The number of hydrogen-bond donors (Lipinski definition) is 2. The molecular formula is C15H24N2O2. The van der Waals surface area contributed by atoms with E-state index < -0.39 is 0 Å². The third kappa shape index (κ3) is 3.13. The molecular weight excluding hydrogens is 240 g/mol. The highest BCUT2D eigenvalue weighted by Crippen LogP contribution is 2.37. The van der Waals surface area contributed by atoms with Gasteiger partial charge in [0.15, 0.2) is 0 Å². The zero-order valence-corrected chi connectivity index (χ0v) is 11.6. The summed E-state index contributed by atoms with van der Waals surface area (Å²) in [6, 6.07) is 6.51. The summed E-state index contributed by atoms with van der Waals surface area (Å²) >= 11 is 0. The molecule has 4 nitrogen and oxygen atoms in total. The molecule has 0 aromatic heterocycles. The topological polar surface area (TPSA) is 58.7 Å². The van der Waals surface area contributed by atoms with Crippen molar-refractivity contribution in [2.24, 2.45) is 0 Å². The lowest BCUT2D eigenvalue weighted by Crippen LogP contribution is -2.41. The van der Waals surface area contributed by atoms with Crippen LogP contribution in [-0.2, 0) is 0 Å². The largest absolute Gasteiger partial charge is 0.492 e. The molecule has 0 radical (unpaired) electrons. The number of nitrogens with zero attached hydrogens (tertiary/aromatic N) is 1. The molecule has 0 unspecified atom stereocenters. The van der Waals surface area contributed by atoms with Gasteiger partial charge in [0.2, 0.25) is 0 Å². The first-order valence-corrected chi connectivity index (χ1v) is 7.16. The van der Waals surface area contributed by atoms with E-state index in [2.05, 4.69) is 4.90 Å². The lowest BCUT2D eigenvalue weighted by Gasteiger charge is -2.40. The van der Waals surface area contributed by atoms with Crippen molar-refractivity contribution < 1.29 is 9.84 Å². The van der Waals surface area contributed by atoms with E-state index in [1.54, 1.807) is 0 Å². The van der Waals surface area contributed by atoms with Crippen LogP contribution in [0.2, 0.25) is 0 Å². The van der Waals surface area contributed by atoms with E-state index in [4.69, 9.17) is 15.6 Å². The van der Waals surface area contributed by atoms with E-state index in [1.807, 2.05) is 25.1 Å². The average Bonchev–Trinajstić information content (AvgIpc) is 2.35. The second-order valence-corrected chi connectivity index (χ2v) is 4.98. The van der Waals surface area contributed by atoms with Crippen molar-refractivity contribution in [3.05, 3.63) is 18.2 Å². The van der Waals surface area contributed by atoms with Crippen LogP contribution in [0.5, 0.6) is 5.75 Å². The number of benzene rings is 1. The van der Waals surface area contributed by atoms with Gasteiger partial charge in [0.1, 0.15) is 5.75 Å². The van der Waals surface area contributed by atoms with Gasteiger partial charge in [-0.3, -0.25) is 0 Å². The van der Waals surface area contributed by atoms with Crippen molar-refractivity contribution in [2.75, 3.05) is 30.4 Å². The molecule has 0 aliphatic heterocycles. The van der Waals surface area contributed by atoms with Crippen LogP contribution in [-0.4, -0.2) is 30.9 Å². The highest BCUT2D eigenvalue weighted by Gasteiger charge is 2.26. The number of para-hydroxylation sites is 1. The fourth-order valence-electron chi connectivity index (χ4n) is 2.50. The monoisotopic (exact) mass is 264 g/mol. The fourth-order valence-corrected chi connectivity index (χ4v) is 2.50. The highest BCUT2D eigenvalue weighted by atomic mass is 16.5. The first-order valence-electron chi connectivity index (χ1n) is 7.16. The number of anilines is 2. The SMILES string of the molecule is CCOc1cccc(N(CCCO)C2CCC2)c1N. The maximum absolute atomic E-state index is 9.06. The van der Waals surface area contributed by atoms with E-state index >= 15 is 0 Å². The molecule has 0 bridgehead atoms. The van der Waals surface area contributed by atoms with Crippen LogP contribution in [0, 0.1) is 0 Å². The lowest BCUT2D eigenvalue weighted by molar-refractivity contribution is 0.283. The van der Waals surface area contributed by atoms with Gasteiger partial charge in [-0.05, 0) is 44.7 Å². The molecule has 0 saturated heterocycles. The van der Waals surface area contributed by atoms with Crippen molar-refractivity contribution in [1.29, 1.82) is 0 Å². The smallest absolute Gasteiger partial charge is 0.144 e. The maximum Gasteiger partial charge on any atom is 0.144 e. The molecule has 0 spiro atoms. The quantitative estimate of drug-likeness (QED) is 0.743. The number of hydrogen-bond acceptors (Lipinski definition) is 4. The number of rotatable bonds is 7. The van der Waals surface area contributed by atoms with Crippen molar-refractivity contribution in [3.63, 3.8) is 0 Å². The Hall–Kier alpha value is -1.42. The van der Waals surface area contributed by atoms with E-state index in [1.165, 1.54) is 19.3 Å². The summed E-state index contributed by atoms with van der Waals surface area (Å²) < 4.78 is 5.56. The summed E-state index contributed by atoms with van der Waals surface area (Å²) in [5.41, 5.74) is 7.99. The van der Waals surface area contributed by atoms with Crippen LogP contribution in [0.25, 0.3) is 0 Å². The number of aliphatic hydroxyl groups is 1. The van der Waals surface area contributed by atoms with Gasteiger partial charge in [0.05, 0.1) is 18.0 Å². The Morgan fingerprint density at radius 3 is 2.79 bits per heavy atom. The summed E-state index contributed by atoms with van der Waals surface area (Å²) in [6.07, 6.45) is 4.48. The Balaban J connectivity index is 2.21. The molecule has 1 saturated carbocycles. The minimum atomic E-state index is 0.217. The van der Waals surface area contributed by atoms with Crippen LogP contribution in [0.1, 0.15) is 32.6 Å². The molecule has 4 heteroatoms. The molecule has 0 atom stereocenters. The van der Waals surface area contributed by atoms with Crippen LogP contribution < -0.4 is 15.4 Å². The number of aliphatic hydroxyl groups excluding tert-OH is 1. The molecule has 0 heterocycles. The lowest BCUT2D eigenvalue weighted by atomic mass is 9.90. The van der Waals surface area contributed by atoms with Gasteiger partial charge in [-0.2, -0.15) is 0 Å². The zero-order chi connectivity index (χ0) is 13.7. The molecule has 1 fully saturated rings. The molecule has 106 valence electrons. The standard InChI is InChI=1S/C15H24N2O2/c1-2-19-14-9-4-8-13(15(14)16)17(10-5-11-18)12-6-3-7-12/h4,8-9,12,18H,2-3,5-7,10-11,16H2,1H3. The molecule has 2 rings (SSSR count). The Kier molecular flexibility index (Phi) is 4.91. The van der Waals surface area contributed by atoms with Crippen LogP contribution >= 0.6 is 0 Å². The van der Waals surface area contributed by atoms with Gasteiger partial charge >= 0.3 is 0 Å². The van der Waals surface area contributed by atoms with Crippen molar-refractivity contribution in [3.8, 4) is 5.75 Å². The number of nitrogen functional groups attached to an aromatic ring is 1. The Bertz CT molecular complexity index is 405. The summed E-state index contributed by atoms with van der Waals surface area (Å²) in [5.74, 6) is 0.758. The molecule has 3 N–H and O–H groups in total. The Morgan fingerprint density at radius 1 is 1.42 bits per heavy atom. The molecule has 19 heavy (non-hydrogen) atoms. The van der Waals surface area contributed by atoms with Gasteiger partial charge in [-0.1, -0.05) is 6.07 Å². The second-order valence-electron chi connectivity index (χ2n) is 4.98. The fraction of sp³-hybridized carbons (Fsp3) is 0.600. The van der Waals surface area contributed by atoms with Crippen LogP contribution in [0.4, 0.5) is 11.4 Å². The van der Waals surface area contributed by atoms with Crippen molar-refractivity contribution >= 4 is 11.4 Å². The second kappa shape index (κ2) is 6.66. The van der Waals surface area contributed by atoms with E-state index in [-0.39, 0.29) is 6.61 Å².